The first kappa shape index (κ1) is 28.8. The van der Waals surface area contributed by atoms with Crippen molar-refractivity contribution in [1.82, 2.24) is 24.3 Å². The number of carbonyl (C=O) groups is 2. The maximum absolute atomic E-state index is 13.7. The van der Waals surface area contributed by atoms with Crippen LogP contribution in [0.5, 0.6) is 0 Å². The van der Waals surface area contributed by atoms with E-state index in [4.69, 9.17) is 20.2 Å². The number of carbonyl (C=O) groups excluding carboxylic acids is 2. The molecule has 2 amide bonds. The van der Waals surface area contributed by atoms with Gasteiger partial charge in [-0.3, -0.25) is 14.0 Å². The summed E-state index contributed by atoms with van der Waals surface area (Å²) in [7, 11) is 1.55. The number of imidazole rings is 1. The van der Waals surface area contributed by atoms with E-state index in [9.17, 15) is 18.4 Å². The Kier molecular flexibility index (Phi) is 8.42. The summed E-state index contributed by atoms with van der Waals surface area (Å²) in [4.78, 5) is 40.2. The Labute approximate surface area is 247 Å². The molecule has 4 heterocycles. The van der Waals surface area contributed by atoms with Crippen molar-refractivity contribution in [3.8, 4) is 11.3 Å². The Morgan fingerprint density at radius 1 is 1.22 bits per heavy atom. The van der Waals surface area contributed by atoms with Crippen molar-refractivity contribution < 1.29 is 27.8 Å². The minimum Gasteiger partial charge on any atom is -0.384 e. The molecule has 1 aliphatic rings. The second kappa shape index (κ2) is 12.0. The van der Waals surface area contributed by atoms with E-state index in [0.717, 1.165) is 28.7 Å². The van der Waals surface area contributed by atoms with Crippen LogP contribution in [0.15, 0.2) is 55.0 Å². The predicted octanol–water partition coefficient (Wildman–Crippen LogP) is 4.05. The van der Waals surface area contributed by atoms with Gasteiger partial charge in [0.1, 0.15) is 34.8 Å². The predicted molar refractivity (Wildman–Crippen MR) is 155 cm³/mol. The second-order valence-electron chi connectivity index (χ2n) is 9.25. The van der Waals surface area contributed by atoms with Gasteiger partial charge in [0.2, 0.25) is 5.91 Å². The van der Waals surface area contributed by atoms with Crippen LogP contribution in [0.3, 0.4) is 0 Å². The number of benzene rings is 1. The highest BCUT2D eigenvalue weighted by Crippen LogP contribution is 2.36. The highest BCUT2D eigenvalue weighted by molar-refractivity contribution is 14.1. The average Bonchev–Trinajstić information content (AvgIpc) is 3.37. The van der Waals surface area contributed by atoms with Crippen LogP contribution in [0.4, 0.5) is 20.4 Å². The van der Waals surface area contributed by atoms with Crippen LogP contribution < -0.4 is 11.1 Å². The Balaban J connectivity index is 1.40. The SMILES string of the molecule is COCCC(=O)N1CCO[C@@H](c2nc(-c3ccc(C(=O)Nc4cc(C(F)(F)I)ccn4)cc3)c3c(N)nccn23)C1. The molecule has 0 radical (unpaired) electrons. The highest BCUT2D eigenvalue weighted by atomic mass is 127. The number of alkyl halides is 3. The molecule has 0 aliphatic carbocycles. The van der Waals surface area contributed by atoms with Crippen LogP contribution in [0.1, 0.15) is 34.3 Å². The molecular weight excluding hydrogens is 651 g/mol. The number of hydrogen-bond acceptors (Lipinski definition) is 8. The van der Waals surface area contributed by atoms with E-state index in [2.05, 4.69) is 15.3 Å². The summed E-state index contributed by atoms with van der Waals surface area (Å²) in [6, 6.07) is 8.92. The number of ether oxygens (including phenoxy) is 2. The highest BCUT2D eigenvalue weighted by Gasteiger charge is 2.30. The number of nitrogens with zero attached hydrogens (tertiary/aromatic N) is 5. The third-order valence-electron chi connectivity index (χ3n) is 6.59. The number of nitrogen functional groups attached to an aromatic ring is 1. The fourth-order valence-corrected chi connectivity index (χ4v) is 4.87. The number of fused-ring (bicyclic) bond motifs is 1. The molecule has 214 valence electrons. The molecule has 1 atom stereocenters. The van der Waals surface area contributed by atoms with Gasteiger partial charge in [-0.25, -0.2) is 15.0 Å². The molecule has 4 aromatic rings. The van der Waals surface area contributed by atoms with Gasteiger partial charge in [0.25, 0.3) is 5.91 Å². The molecule has 3 N–H and O–H groups in total. The largest absolute Gasteiger partial charge is 0.384 e. The number of nitrogens with one attached hydrogen (secondary N) is 1. The lowest BCUT2D eigenvalue weighted by molar-refractivity contribution is -0.140. The number of morpholine rings is 1. The summed E-state index contributed by atoms with van der Waals surface area (Å²) in [6.07, 6.45) is 4.29. The zero-order valence-corrected chi connectivity index (χ0v) is 24.0. The van der Waals surface area contributed by atoms with Gasteiger partial charge in [0.05, 0.1) is 26.2 Å². The molecule has 5 rings (SSSR count). The topological polar surface area (TPSA) is 137 Å². The third kappa shape index (κ3) is 6.28. The van der Waals surface area contributed by atoms with Crippen molar-refractivity contribution >= 4 is 51.6 Å². The lowest BCUT2D eigenvalue weighted by atomic mass is 10.1. The molecule has 0 unspecified atom stereocenters. The number of methoxy groups -OCH3 is 1. The molecule has 0 bridgehead atoms. The first-order chi connectivity index (χ1) is 19.7. The van der Waals surface area contributed by atoms with Gasteiger partial charge >= 0.3 is 3.93 Å². The molecule has 1 aliphatic heterocycles. The van der Waals surface area contributed by atoms with Crippen LogP contribution in [-0.2, 0) is 18.2 Å². The lowest BCUT2D eigenvalue weighted by Gasteiger charge is -2.32. The fourth-order valence-electron chi connectivity index (χ4n) is 4.54. The summed E-state index contributed by atoms with van der Waals surface area (Å²) in [5.41, 5.74) is 8.04. The average molecular weight is 677 g/mol. The van der Waals surface area contributed by atoms with Crippen molar-refractivity contribution in [3.63, 3.8) is 0 Å². The van der Waals surface area contributed by atoms with E-state index in [1.807, 2.05) is 0 Å². The molecule has 1 aromatic carbocycles. The van der Waals surface area contributed by atoms with E-state index >= 15 is 0 Å². The van der Waals surface area contributed by atoms with E-state index in [1.54, 1.807) is 53.1 Å². The number of anilines is 2. The van der Waals surface area contributed by atoms with Gasteiger partial charge in [0, 0.05) is 71.5 Å². The molecular formula is C27H26F2IN7O4. The number of amides is 2. The van der Waals surface area contributed by atoms with Crippen LogP contribution in [0.2, 0.25) is 0 Å². The number of hydrogen-bond donors (Lipinski definition) is 2. The standard InChI is InChI=1S/C27H26F2IN7O4/c1-40-12-7-21(38)36-11-13-41-19(15-36)25-35-22(23-24(31)33-9-10-37(23)25)16-2-4-17(5-3-16)26(39)34-20-14-18(6-8-32-20)27(28,29)30/h2-6,8-10,14,19H,7,11-13,15H2,1H3,(H2,31,33)(H,32,34,39)/t19-/m1/s1. The lowest BCUT2D eigenvalue weighted by Crippen LogP contribution is -2.43. The van der Waals surface area contributed by atoms with Gasteiger partial charge in [0.15, 0.2) is 0 Å². The summed E-state index contributed by atoms with van der Waals surface area (Å²) in [5, 5.41) is 2.55. The molecule has 3 aromatic heterocycles. The first-order valence-electron chi connectivity index (χ1n) is 12.6. The maximum Gasteiger partial charge on any atom is 0.321 e. The normalized spacial score (nSPS) is 15.7. The van der Waals surface area contributed by atoms with Crippen molar-refractivity contribution in [2.75, 3.05) is 44.5 Å². The zero-order chi connectivity index (χ0) is 29.1. The number of aromatic nitrogens is 4. The molecule has 0 spiro atoms. The summed E-state index contributed by atoms with van der Waals surface area (Å²) in [6.45, 7) is 1.49. The second-order valence-corrected chi connectivity index (χ2v) is 10.6. The van der Waals surface area contributed by atoms with Crippen LogP contribution in [0, 0.1) is 0 Å². The van der Waals surface area contributed by atoms with Crippen molar-refractivity contribution in [2.24, 2.45) is 0 Å². The summed E-state index contributed by atoms with van der Waals surface area (Å²) < 4.78 is 37.1. The first-order valence-corrected chi connectivity index (χ1v) is 13.7. The number of pyridine rings is 1. The number of nitrogens with two attached hydrogens (primary N) is 1. The molecule has 0 saturated carbocycles. The van der Waals surface area contributed by atoms with Crippen molar-refractivity contribution in [2.45, 2.75) is 16.5 Å². The van der Waals surface area contributed by atoms with Gasteiger partial charge in [-0.05, 0) is 24.3 Å². The van der Waals surface area contributed by atoms with Gasteiger partial charge < -0.3 is 25.4 Å². The van der Waals surface area contributed by atoms with E-state index in [1.165, 1.54) is 12.3 Å². The van der Waals surface area contributed by atoms with Crippen molar-refractivity contribution in [3.05, 3.63) is 71.9 Å². The molecule has 41 heavy (non-hydrogen) atoms. The Hall–Kier alpha value is -3.76. The van der Waals surface area contributed by atoms with E-state index < -0.39 is 15.9 Å². The number of rotatable bonds is 8. The van der Waals surface area contributed by atoms with Crippen LogP contribution in [0.25, 0.3) is 16.8 Å². The minimum absolute atomic E-state index is 0.0127. The monoisotopic (exact) mass is 677 g/mol. The molecule has 1 fully saturated rings. The molecule has 1 saturated heterocycles. The maximum atomic E-state index is 13.7. The van der Waals surface area contributed by atoms with E-state index in [0.29, 0.717) is 48.9 Å². The minimum atomic E-state index is -3.09. The van der Waals surface area contributed by atoms with Crippen LogP contribution >= 0.6 is 22.6 Å². The Bertz CT molecular complexity index is 1580. The fraction of sp³-hybridized carbons (Fsp3) is 0.296. The quantitative estimate of drug-likeness (QED) is 0.211. The Morgan fingerprint density at radius 3 is 2.73 bits per heavy atom. The van der Waals surface area contributed by atoms with Crippen molar-refractivity contribution in [1.29, 1.82) is 0 Å². The third-order valence-corrected chi connectivity index (χ3v) is 7.21. The van der Waals surface area contributed by atoms with E-state index in [-0.39, 0.29) is 35.1 Å². The molecule has 11 nitrogen and oxygen atoms in total. The smallest absolute Gasteiger partial charge is 0.321 e. The zero-order valence-electron chi connectivity index (χ0n) is 21.9. The summed E-state index contributed by atoms with van der Waals surface area (Å²) in [5.74, 6) is 0.293. The van der Waals surface area contributed by atoms with Crippen LogP contribution in [-0.4, -0.2) is 69.5 Å². The molecule has 14 heteroatoms. The van der Waals surface area contributed by atoms with Gasteiger partial charge in [-0.15, -0.1) is 0 Å². The number of halogens is 3. The van der Waals surface area contributed by atoms with Gasteiger partial charge in [-0.1, -0.05) is 12.1 Å². The Morgan fingerprint density at radius 2 is 2.00 bits per heavy atom. The van der Waals surface area contributed by atoms with Gasteiger partial charge in [-0.2, -0.15) is 8.78 Å². The summed E-state index contributed by atoms with van der Waals surface area (Å²) >= 11 is 1.02.